The van der Waals surface area contributed by atoms with Gasteiger partial charge in [-0.2, -0.15) is 0 Å². The molecule has 2 atom stereocenters. The minimum Gasteiger partial charge on any atom is -0.481 e. The van der Waals surface area contributed by atoms with Crippen LogP contribution in [-0.4, -0.2) is 82.2 Å². The molecule has 0 fully saturated rings. The molecule has 0 aliphatic rings. The molecule has 0 spiro atoms. The van der Waals surface area contributed by atoms with Gasteiger partial charge in [0.05, 0.1) is 27.8 Å². The van der Waals surface area contributed by atoms with Crippen LogP contribution in [0.1, 0.15) is 60.5 Å². The Balaban J connectivity index is 2.35. The second-order valence-electron chi connectivity index (χ2n) is 10.3. The van der Waals surface area contributed by atoms with Crippen LogP contribution in [0.4, 0.5) is 0 Å². The molecule has 2 aromatic rings. The van der Waals surface area contributed by atoms with Gasteiger partial charge in [0, 0.05) is 25.8 Å². The first-order chi connectivity index (χ1) is 22.1. The van der Waals surface area contributed by atoms with Gasteiger partial charge in [0.1, 0.15) is 23.4 Å². The maximum absolute atomic E-state index is 13.7. The minimum atomic E-state index is -1.09. The Hall–Kier alpha value is -4.94. The number of benzene rings is 2. The smallest absolute Gasteiger partial charge is 0.343 e. The maximum Gasteiger partial charge on any atom is 0.343 e. The van der Waals surface area contributed by atoms with Crippen LogP contribution in [-0.2, 0) is 51.0 Å². The predicted molar refractivity (Wildman–Crippen MR) is 167 cm³/mol. The van der Waals surface area contributed by atoms with Crippen molar-refractivity contribution < 1.29 is 47.7 Å². The number of rotatable bonds is 19. The van der Waals surface area contributed by atoms with Crippen molar-refractivity contribution in [1.29, 1.82) is 0 Å². The highest BCUT2D eigenvalue weighted by Gasteiger charge is 2.28. The summed E-state index contributed by atoms with van der Waals surface area (Å²) in [5.41, 5.74) is 1.26. The van der Waals surface area contributed by atoms with Crippen molar-refractivity contribution in [1.82, 2.24) is 16.0 Å². The second-order valence-corrected chi connectivity index (χ2v) is 10.3. The molecule has 3 N–H and O–H groups in total. The average molecular weight is 642 g/mol. The molecule has 0 saturated carbocycles. The zero-order valence-corrected chi connectivity index (χ0v) is 26.7. The van der Waals surface area contributed by atoms with Crippen molar-refractivity contribution in [3.63, 3.8) is 0 Å². The van der Waals surface area contributed by atoms with Crippen molar-refractivity contribution in [3.05, 3.63) is 65.2 Å². The fourth-order valence-electron chi connectivity index (χ4n) is 4.37. The van der Waals surface area contributed by atoms with Crippen LogP contribution in [0.5, 0.6) is 5.75 Å². The van der Waals surface area contributed by atoms with E-state index in [4.69, 9.17) is 9.47 Å². The van der Waals surface area contributed by atoms with Gasteiger partial charge in [-0.3, -0.25) is 19.2 Å². The quantitative estimate of drug-likeness (QED) is 0.117. The first-order valence-corrected chi connectivity index (χ1v) is 15.0. The molecule has 0 heterocycles. The van der Waals surface area contributed by atoms with E-state index < -0.39 is 54.3 Å². The molecule has 250 valence electrons. The van der Waals surface area contributed by atoms with Crippen molar-refractivity contribution in [3.8, 4) is 5.75 Å². The van der Waals surface area contributed by atoms with E-state index in [1.165, 1.54) is 33.5 Å². The lowest BCUT2D eigenvalue weighted by atomic mass is 10.0. The van der Waals surface area contributed by atoms with Gasteiger partial charge >= 0.3 is 17.9 Å². The van der Waals surface area contributed by atoms with Crippen LogP contribution < -0.4 is 20.7 Å². The van der Waals surface area contributed by atoms with Crippen LogP contribution in [0.3, 0.4) is 0 Å². The number of carbonyl (C=O) groups is 6. The number of hydrogen-bond acceptors (Lipinski definition) is 10. The average Bonchev–Trinajstić information content (AvgIpc) is 3.07. The number of nitrogens with one attached hydrogen (secondary N) is 3. The molecule has 13 heteroatoms. The number of hydrogen-bond donors (Lipinski definition) is 3. The molecule has 0 radical (unpaired) electrons. The molecule has 2 rings (SSSR count). The first kappa shape index (κ1) is 37.2. The third-order valence-corrected chi connectivity index (χ3v) is 6.89. The van der Waals surface area contributed by atoms with Gasteiger partial charge in [0.25, 0.3) is 0 Å². The van der Waals surface area contributed by atoms with E-state index in [1.807, 2.05) is 13.0 Å². The molecule has 13 nitrogen and oxygen atoms in total. The summed E-state index contributed by atoms with van der Waals surface area (Å²) in [5.74, 6) is -3.47. The number of esters is 3. The largest absolute Gasteiger partial charge is 0.481 e. The fourth-order valence-corrected chi connectivity index (χ4v) is 4.37. The maximum atomic E-state index is 13.7. The zero-order chi connectivity index (χ0) is 33.9. The van der Waals surface area contributed by atoms with Crippen LogP contribution in [0.2, 0.25) is 0 Å². The standard InChI is InChI=1S/C33H43N3O10/c1-5-6-10-17-34-31(40)25(20-23-13-14-27(46-21-30(39)44-3)24(18-23)33(42)45-4)36-32(41)26(19-22-11-8-7-9-12-22)35-28(37)15-16-29(38)43-2/h7-9,11-14,18,25-26H,5-6,10,15-17,19-21H2,1-4H3,(H,34,40)(H,35,37)(H,36,41)/t25?,26-/m0/s1. The zero-order valence-electron chi connectivity index (χ0n) is 26.7. The van der Waals surface area contributed by atoms with Crippen LogP contribution >= 0.6 is 0 Å². The Morgan fingerprint density at radius 1 is 0.717 bits per heavy atom. The topological polar surface area (TPSA) is 175 Å². The van der Waals surface area contributed by atoms with E-state index in [2.05, 4.69) is 25.4 Å². The van der Waals surface area contributed by atoms with Gasteiger partial charge in [-0.15, -0.1) is 0 Å². The normalized spacial score (nSPS) is 11.7. The van der Waals surface area contributed by atoms with E-state index in [0.717, 1.165) is 24.8 Å². The Labute approximate surface area is 268 Å². The molecular weight excluding hydrogens is 598 g/mol. The molecular formula is C33H43N3O10. The van der Waals surface area contributed by atoms with Crippen LogP contribution in [0.15, 0.2) is 48.5 Å². The highest BCUT2D eigenvalue weighted by molar-refractivity contribution is 5.94. The van der Waals surface area contributed by atoms with Gasteiger partial charge in [-0.05, 0) is 29.7 Å². The van der Waals surface area contributed by atoms with Gasteiger partial charge in [-0.1, -0.05) is 56.2 Å². The number of unbranched alkanes of at least 4 members (excludes halogenated alkanes) is 2. The number of amides is 3. The molecule has 0 aromatic heterocycles. The van der Waals surface area contributed by atoms with E-state index in [9.17, 15) is 28.8 Å². The summed E-state index contributed by atoms with van der Waals surface area (Å²) in [5, 5.41) is 8.29. The molecule has 46 heavy (non-hydrogen) atoms. The van der Waals surface area contributed by atoms with Gasteiger partial charge in [0.2, 0.25) is 17.7 Å². The van der Waals surface area contributed by atoms with Crippen molar-refractivity contribution in [2.24, 2.45) is 0 Å². The molecule has 1 unspecified atom stereocenters. The van der Waals surface area contributed by atoms with Gasteiger partial charge < -0.3 is 34.9 Å². The van der Waals surface area contributed by atoms with Crippen molar-refractivity contribution in [2.45, 2.75) is 64.0 Å². The van der Waals surface area contributed by atoms with E-state index in [-0.39, 0.29) is 37.0 Å². The molecule has 0 aliphatic heterocycles. The summed E-state index contributed by atoms with van der Waals surface area (Å²) < 4.78 is 19.5. The van der Waals surface area contributed by atoms with Crippen LogP contribution in [0.25, 0.3) is 0 Å². The third-order valence-electron chi connectivity index (χ3n) is 6.89. The molecule has 2 aromatic carbocycles. The van der Waals surface area contributed by atoms with Gasteiger partial charge in [0.15, 0.2) is 6.61 Å². The lowest BCUT2D eigenvalue weighted by molar-refractivity contribution is -0.143. The molecule has 0 bridgehead atoms. The summed E-state index contributed by atoms with van der Waals surface area (Å²) in [7, 11) is 3.62. The first-order valence-electron chi connectivity index (χ1n) is 15.0. The number of carbonyl (C=O) groups excluding carboxylic acids is 6. The molecule has 0 aliphatic carbocycles. The Morgan fingerprint density at radius 2 is 1.39 bits per heavy atom. The summed E-state index contributed by atoms with van der Waals surface area (Å²) in [4.78, 5) is 75.4. The van der Waals surface area contributed by atoms with E-state index >= 15 is 0 Å². The third kappa shape index (κ3) is 13.0. The van der Waals surface area contributed by atoms with E-state index in [1.54, 1.807) is 30.3 Å². The summed E-state index contributed by atoms with van der Waals surface area (Å²) in [6.07, 6.45) is 2.35. The summed E-state index contributed by atoms with van der Waals surface area (Å²) in [6, 6.07) is 11.4. The summed E-state index contributed by atoms with van der Waals surface area (Å²) in [6.45, 7) is 1.99. The van der Waals surface area contributed by atoms with Gasteiger partial charge in [-0.25, -0.2) is 9.59 Å². The SMILES string of the molecule is CCCCCNC(=O)C(Cc1ccc(OCC(=O)OC)c(C(=O)OC)c1)NC(=O)[C@H](Cc1ccccc1)NC(=O)CCC(=O)OC. The molecule has 3 amide bonds. The van der Waals surface area contributed by atoms with Crippen molar-refractivity contribution in [2.75, 3.05) is 34.5 Å². The highest BCUT2D eigenvalue weighted by Crippen LogP contribution is 2.22. The Kier molecular flexibility index (Phi) is 16.3. The lowest BCUT2D eigenvalue weighted by Crippen LogP contribution is -2.55. The Bertz CT molecular complexity index is 1330. The van der Waals surface area contributed by atoms with Crippen molar-refractivity contribution >= 4 is 35.6 Å². The number of methoxy groups -OCH3 is 3. The molecule has 0 saturated heterocycles. The lowest BCUT2D eigenvalue weighted by Gasteiger charge is -2.24. The Morgan fingerprint density at radius 3 is 2.04 bits per heavy atom. The summed E-state index contributed by atoms with van der Waals surface area (Å²) >= 11 is 0. The van der Waals surface area contributed by atoms with E-state index in [0.29, 0.717) is 12.1 Å². The monoisotopic (exact) mass is 641 g/mol. The second kappa shape index (κ2) is 20.2. The van der Waals surface area contributed by atoms with Crippen LogP contribution in [0, 0.1) is 0 Å². The highest BCUT2D eigenvalue weighted by atomic mass is 16.6. The number of ether oxygens (including phenoxy) is 4. The fraction of sp³-hybridized carbons (Fsp3) is 0.455. The predicted octanol–water partition coefficient (Wildman–Crippen LogP) is 2.04. The minimum absolute atomic E-state index is 0.0113.